The summed E-state index contributed by atoms with van der Waals surface area (Å²) >= 11 is 5.15. The molecule has 1 amide bonds. The highest BCUT2D eigenvalue weighted by molar-refractivity contribution is 7.80. The number of nitrogens with two attached hydrogens (primary N) is 1. The molecule has 0 aliphatic rings. The number of hydrogen-bond donors (Lipinski definition) is 3. The minimum atomic E-state index is -0.720. The van der Waals surface area contributed by atoms with E-state index in [0.29, 0.717) is 24.4 Å². The standard InChI is InChI=1S/C13H22N4OS/c1-3-5-13(6-4-2,11(14)19)12(18)15-7-10-8-16-17-9-10/h8-9H,3-7H2,1-2H3,(H2,14,19)(H,15,18)(H,16,17). The summed E-state index contributed by atoms with van der Waals surface area (Å²) in [7, 11) is 0. The first-order valence-electron chi connectivity index (χ1n) is 6.62. The molecular formula is C13H22N4OS. The molecule has 1 aromatic heterocycles. The number of carbonyl (C=O) groups is 1. The van der Waals surface area contributed by atoms with Crippen molar-refractivity contribution in [2.45, 2.75) is 46.1 Å². The van der Waals surface area contributed by atoms with E-state index in [-0.39, 0.29) is 5.91 Å². The van der Waals surface area contributed by atoms with E-state index >= 15 is 0 Å². The van der Waals surface area contributed by atoms with Gasteiger partial charge in [-0.05, 0) is 12.8 Å². The second kappa shape index (κ2) is 7.23. The molecule has 1 rings (SSSR count). The van der Waals surface area contributed by atoms with E-state index in [4.69, 9.17) is 18.0 Å². The molecule has 4 N–H and O–H groups in total. The third-order valence-corrected chi connectivity index (χ3v) is 3.66. The summed E-state index contributed by atoms with van der Waals surface area (Å²) < 4.78 is 0. The lowest BCUT2D eigenvalue weighted by molar-refractivity contribution is -0.128. The van der Waals surface area contributed by atoms with Crippen LogP contribution in [0.5, 0.6) is 0 Å². The van der Waals surface area contributed by atoms with Gasteiger partial charge in [0.25, 0.3) is 0 Å². The summed E-state index contributed by atoms with van der Waals surface area (Å²) in [6.45, 7) is 4.51. The second-order valence-corrected chi connectivity index (χ2v) is 5.18. The number of amides is 1. The molecular weight excluding hydrogens is 260 g/mol. The monoisotopic (exact) mass is 282 g/mol. The minimum Gasteiger partial charge on any atom is -0.392 e. The molecule has 1 aromatic rings. The average Bonchev–Trinajstić information content (AvgIpc) is 2.88. The van der Waals surface area contributed by atoms with Gasteiger partial charge in [0.2, 0.25) is 5.91 Å². The van der Waals surface area contributed by atoms with Crippen molar-refractivity contribution in [1.29, 1.82) is 0 Å². The Morgan fingerprint density at radius 2 is 2.11 bits per heavy atom. The van der Waals surface area contributed by atoms with E-state index in [1.54, 1.807) is 12.4 Å². The topological polar surface area (TPSA) is 83.8 Å². The predicted molar refractivity (Wildman–Crippen MR) is 79.5 cm³/mol. The van der Waals surface area contributed by atoms with E-state index in [9.17, 15) is 4.79 Å². The van der Waals surface area contributed by atoms with Gasteiger partial charge in [0, 0.05) is 18.3 Å². The minimum absolute atomic E-state index is 0.0788. The van der Waals surface area contributed by atoms with Crippen LogP contribution in [-0.4, -0.2) is 21.1 Å². The summed E-state index contributed by atoms with van der Waals surface area (Å²) in [6.07, 6.45) is 6.55. The largest absolute Gasteiger partial charge is 0.392 e. The number of nitrogens with one attached hydrogen (secondary N) is 2. The van der Waals surface area contributed by atoms with Crippen LogP contribution in [0.3, 0.4) is 0 Å². The Morgan fingerprint density at radius 1 is 1.47 bits per heavy atom. The van der Waals surface area contributed by atoms with Gasteiger partial charge >= 0.3 is 0 Å². The first-order chi connectivity index (χ1) is 9.06. The van der Waals surface area contributed by atoms with Crippen molar-refractivity contribution in [2.24, 2.45) is 11.1 Å². The molecule has 0 atom stereocenters. The number of hydrogen-bond acceptors (Lipinski definition) is 3. The molecule has 0 unspecified atom stereocenters. The molecule has 5 nitrogen and oxygen atoms in total. The van der Waals surface area contributed by atoms with E-state index < -0.39 is 5.41 Å². The molecule has 0 spiro atoms. The lowest BCUT2D eigenvalue weighted by atomic mass is 9.78. The number of nitrogens with zero attached hydrogens (tertiary/aromatic N) is 1. The zero-order valence-electron chi connectivity index (χ0n) is 11.5. The van der Waals surface area contributed by atoms with Crippen LogP contribution in [0, 0.1) is 5.41 Å². The van der Waals surface area contributed by atoms with Gasteiger partial charge in [0.1, 0.15) is 0 Å². The molecule has 19 heavy (non-hydrogen) atoms. The zero-order valence-corrected chi connectivity index (χ0v) is 12.3. The molecule has 0 aromatic carbocycles. The first kappa shape index (κ1) is 15.6. The molecule has 0 aliphatic carbocycles. The summed E-state index contributed by atoms with van der Waals surface area (Å²) in [4.78, 5) is 12.8. The van der Waals surface area contributed by atoms with Gasteiger partial charge in [-0.15, -0.1) is 0 Å². The van der Waals surface area contributed by atoms with Crippen molar-refractivity contribution < 1.29 is 4.79 Å². The fourth-order valence-electron chi connectivity index (χ4n) is 2.29. The third kappa shape index (κ3) is 3.76. The Morgan fingerprint density at radius 3 is 2.53 bits per heavy atom. The molecule has 0 radical (unpaired) electrons. The van der Waals surface area contributed by atoms with Gasteiger partial charge in [-0.25, -0.2) is 0 Å². The highest BCUT2D eigenvalue weighted by atomic mass is 32.1. The van der Waals surface area contributed by atoms with Crippen molar-refractivity contribution in [3.05, 3.63) is 18.0 Å². The van der Waals surface area contributed by atoms with Crippen molar-refractivity contribution >= 4 is 23.1 Å². The Kier molecular flexibility index (Phi) is 5.95. The van der Waals surface area contributed by atoms with Crippen LogP contribution in [0.1, 0.15) is 45.1 Å². The van der Waals surface area contributed by atoms with Crippen molar-refractivity contribution in [2.75, 3.05) is 0 Å². The van der Waals surface area contributed by atoms with Gasteiger partial charge in [-0.3, -0.25) is 9.89 Å². The van der Waals surface area contributed by atoms with E-state index in [2.05, 4.69) is 15.5 Å². The molecule has 106 valence electrons. The van der Waals surface area contributed by atoms with Crippen molar-refractivity contribution in [3.63, 3.8) is 0 Å². The maximum absolute atomic E-state index is 12.5. The molecule has 0 saturated heterocycles. The van der Waals surface area contributed by atoms with Crippen LogP contribution < -0.4 is 11.1 Å². The Bertz CT molecular complexity index is 410. The lowest BCUT2D eigenvalue weighted by Crippen LogP contribution is -2.48. The summed E-state index contributed by atoms with van der Waals surface area (Å²) in [5.74, 6) is -0.0788. The van der Waals surface area contributed by atoms with E-state index in [0.717, 1.165) is 18.4 Å². The number of aromatic nitrogens is 2. The number of aromatic amines is 1. The van der Waals surface area contributed by atoms with Crippen molar-refractivity contribution in [3.8, 4) is 0 Å². The number of rotatable bonds is 8. The third-order valence-electron chi connectivity index (χ3n) is 3.27. The predicted octanol–water partition coefficient (Wildman–Crippen LogP) is 1.90. The van der Waals surface area contributed by atoms with Crippen LogP contribution in [0.2, 0.25) is 0 Å². The molecule has 6 heteroatoms. The maximum atomic E-state index is 12.5. The molecule has 0 saturated carbocycles. The average molecular weight is 282 g/mol. The van der Waals surface area contributed by atoms with Gasteiger partial charge < -0.3 is 11.1 Å². The molecule has 1 heterocycles. The normalized spacial score (nSPS) is 11.3. The zero-order chi connectivity index (χ0) is 14.3. The van der Waals surface area contributed by atoms with Crippen molar-refractivity contribution in [1.82, 2.24) is 15.5 Å². The lowest BCUT2D eigenvalue weighted by Gasteiger charge is -2.30. The number of thiocarbonyl (C=S) groups is 1. The molecule has 0 aliphatic heterocycles. The van der Waals surface area contributed by atoms with E-state index in [1.165, 1.54) is 0 Å². The SMILES string of the molecule is CCCC(CCC)(C(=O)NCc1cn[nH]c1)C(N)=S. The number of carbonyl (C=O) groups excluding carboxylic acids is 1. The van der Waals surface area contributed by atoms with Gasteiger partial charge in [0.15, 0.2) is 0 Å². The van der Waals surface area contributed by atoms with Crippen LogP contribution in [0.4, 0.5) is 0 Å². The Balaban J connectivity index is 2.77. The molecule has 0 bridgehead atoms. The van der Waals surface area contributed by atoms with Gasteiger partial charge in [-0.2, -0.15) is 5.10 Å². The van der Waals surface area contributed by atoms with Crippen LogP contribution in [0.15, 0.2) is 12.4 Å². The Hall–Kier alpha value is -1.43. The highest BCUT2D eigenvalue weighted by Crippen LogP contribution is 2.31. The first-order valence-corrected chi connectivity index (χ1v) is 7.03. The fourth-order valence-corrected chi connectivity index (χ4v) is 2.59. The second-order valence-electron chi connectivity index (χ2n) is 4.74. The van der Waals surface area contributed by atoms with Crippen LogP contribution >= 0.6 is 12.2 Å². The van der Waals surface area contributed by atoms with Crippen LogP contribution in [0.25, 0.3) is 0 Å². The highest BCUT2D eigenvalue weighted by Gasteiger charge is 2.39. The smallest absolute Gasteiger partial charge is 0.233 e. The summed E-state index contributed by atoms with van der Waals surface area (Å²) in [5, 5.41) is 9.47. The van der Waals surface area contributed by atoms with Crippen LogP contribution in [-0.2, 0) is 11.3 Å². The fraction of sp³-hybridized carbons (Fsp3) is 0.615. The summed E-state index contributed by atoms with van der Waals surface area (Å²) in [5.41, 5.74) is 6.06. The quantitative estimate of drug-likeness (QED) is 0.636. The number of H-pyrrole nitrogens is 1. The van der Waals surface area contributed by atoms with E-state index in [1.807, 2.05) is 13.8 Å². The van der Waals surface area contributed by atoms with Gasteiger partial charge in [-0.1, -0.05) is 38.9 Å². The Labute approximate surface area is 119 Å². The summed E-state index contributed by atoms with van der Waals surface area (Å²) in [6, 6.07) is 0. The molecule has 0 fully saturated rings. The van der Waals surface area contributed by atoms with Gasteiger partial charge in [0.05, 0.1) is 16.6 Å². The maximum Gasteiger partial charge on any atom is 0.233 e.